The zero-order valence-electron chi connectivity index (χ0n) is 22.1. The van der Waals surface area contributed by atoms with E-state index in [2.05, 4.69) is 63.7 Å². The third kappa shape index (κ3) is 13.7. The van der Waals surface area contributed by atoms with E-state index in [1.807, 2.05) is 38.1 Å². The first-order chi connectivity index (χ1) is 16.7. The predicted octanol–water partition coefficient (Wildman–Crippen LogP) is 10.2. The van der Waals surface area contributed by atoms with Crippen LogP contribution in [0.25, 0.3) is 5.57 Å². The lowest BCUT2D eigenvalue weighted by Gasteiger charge is -2.12. The van der Waals surface area contributed by atoms with E-state index < -0.39 is 0 Å². The molecule has 0 spiro atoms. The minimum absolute atomic E-state index is 0.0700. The number of hydrogen-bond acceptors (Lipinski definition) is 2. The van der Waals surface area contributed by atoms with E-state index >= 15 is 0 Å². The minimum Gasteiger partial charge on any atom is -0.356 e. The van der Waals surface area contributed by atoms with Crippen molar-refractivity contribution in [1.82, 2.24) is 5.32 Å². The van der Waals surface area contributed by atoms with Crippen LogP contribution < -0.4 is 5.32 Å². The number of amides is 1. The van der Waals surface area contributed by atoms with Crippen LogP contribution in [0.4, 0.5) is 0 Å². The Kier molecular flexibility index (Phi) is 18.2. The average molecular weight is 535 g/mol. The normalized spacial score (nSPS) is 10.5. The van der Waals surface area contributed by atoms with E-state index in [4.69, 9.17) is 23.2 Å². The summed E-state index contributed by atoms with van der Waals surface area (Å²) in [6.45, 7) is 21.1. The summed E-state index contributed by atoms with van der Waals surface area (Å²) in [5.41, 5.74) is 4.41. The van der Waals surface area contributed by atoms with Crippen LogP contribution in [0.3, 0.4) is 0 Å². The van der Waals surface area contributed by atoms with Crippen LogP contribution >= 0.6 is 35.0 Å². The van der Waals surface area contributed by atoms with Crippen molar-refractivity contribution < 1.29 is 4.79 Å². The van der Waals surface area contributed by atoms with Crippen LogP contribution in [0, 0.1) is 5.92 Å². The van der Waals surface area contributed by atoms with Gasteiger partial charge in [0.2, 0.25) is 5.91 Å². The Balaban J connectivity index is 0.000000754. The maximum Gasteiger partial charge on any atom is 0.223 e. The minimum atomic E-state index is 0.0700. The third-order valence-corrected chi connectivity index (χ3v) is 6.67. The molecule has 0 aliphatic carbocycles. The van der Waals surface area contributed by atoms with Crippen molar-refractivity contribution in [2.45, 2.75) is 65.7 Å². The molecule has 2 rings (SSSR count). The Morgan fingerprint density at radius 3 is 2.34 bits per heavy atom. The fraction of sp³-hybridized carbons (Fsp3) is 0.367. The van der Waals surface area contributed by atoms with Crippen molar-refractivity contribution in [2.75, 3.05) is 6.54 Å². The second-order valence-electron chi connectivity index (χ2n) is 8.06. The molecule has 0 saturated carbocycles. The van der Waals surface area contributed by atoms with Crippen molar-refractivity contribution in [3.05, 3.63) is 93.9 Å². The Morgan fingerprint density at radius 2 is 1.77 bits per heavy atom. The molecule has 0 bridgehead atoms. The van der Waals surface area contributed by atoms with Gasteiger partial charge in [-0.05, 0) is 66.0 Å². The first kappa shape index (κ1) is 33.1. The molecule has 0 heterocycles. The molecule has 35 heavy (non-hydrogen) atoms. The molecule has 0 unspecified atom stereocenters. The number of benzene rings is 2. The van der Waals surface area contributed by atoms with Crippen molar-refractivity contribution >= 4 is 46.4 Å². The van der Waals surface area contributed by atoms with Crippen LogP contribution in [-0.2, 0) is 4.79 Å². The molecule has 0 aliphatic rings. The van der Waals surface area contributed by atoms with Crippen LogP contribution in [0.15, 0.2) is 77.6 Å². The maximum atomic E-state index is 10.8. The van der Waals surface area contributed by atoms with Crippen LogP contribution in [0.5, 0.6) is 0 Å². The number of halogens is 2. The Labute approximate surface area is 227 Å². The van der Waals surface area contributed by atoms with Gasteiger partial charge in [0.25, 0.3) is 0 Å². The smallest absolute Gasteiger partial charge is 0.223 e. The summed E-state index contributed by atoms with van der Waals surface area (Å²) >= 11 is 13.8. The molecule has 1 amide bonds. The van der Waals surface area contributed by atoms with Gasteiger partial charge in [0.05, 0.1) is 10.0 Å². The summed E-state index contributed by atoms with van der Waals surface area (Å²) in [5.74, 6) is 0.722. The van der Waals surface area contributed by atoms with Gasteiger partial charge < -0.3 is 5.32 Å². The molecular weight excluding hydrogens is 493 g/mol. The van der Waals surface area contributed by atoms with Gasteiger partial charge in [-0.15, -0.1) is 6.58 Å². The molecule has 0 saturated heterocycles. The van der Waals surface area contributed by atoms with Crippen molar-refractivity contribution in [2.24, 2.45) is 5.92 Å². The molecule has 5 heteroatoms. The number of rotatable bonds is 10. The first-order valence-corrected chi connectivity index (χ1v) is 13.8. The highest BCUT2D eigenvalue weighted by molar-refractivity contribution is 8.02. The van der Waals surface area contributed by atoms with Gasteiger partial charge in [0.15, 0.2) is 0 Å². The van der Waals surface area contributed by atoms with Crippen molar-refractivity contribution in [3.63, 3.8) is 0 Å². The molecule has 0 atom stereocenters. The lowest BCUT2D eigenvalue weighted by Crippen LogP contribution is -2.24. The zero-order valence-corrected chi connectivity index (χ0v) is 24.4. The number of nitrogens with one attached hydrogen (secondary N) is 1. The van der Waals surface area contributed by atoms with E-state index in [0.717, 1.165) is 36.1 Å². The van der Waals surface area contributed by atoms with E-state index in [1.165, 1.54) is 10.5 Å². The average Bonchev–Trinajstić information content (AvgIpc) is 2.85. The van der Waals surface area contributed by atoms with Crippen LogP contribution in [-0.4, -0.2) is 12.5 Å². The Morgan fingerprint density at radius 1 is 1.11 bits per heavy atom. The summed E-state index contributed by atoms with van der Waals surface area (Å²) < 4.78 is 0. The summed E-state index contributed by atoms with van der Waals surface area (Å²) in [6, 6.07) is 13.9. The quantitative estimate of drug-likeness (QED) is 0.243. The fourth-order valence-corrected chi connectivity index (χ4v) is 3.88. The lowest BCUT2D eigenvalue weighted by molar-refractivity contribution is -0.120. The van der Waals surface area contributed by atoms with Crippen molar-refractivity contribution in [3.8, 4) is 0 Å². The molecule has 0 fully saturated rings. The number of hydrogen-bond donors (Lipinski definition) is 1. The van der Waals surface area contributed by atoms with Crippen LogP contribution in [0.1, 0.15) is 71.9 Å². The second kappa shape index (κ2) is 19.3. The van der Waals surface area contributed by atoms with Gasteiger partial charge in [-0.2, -0.15) is 0 Å². The van der Waals surface area contributed by atoms with Gasteiger partial charge in [0, 0.05) is 17.9 Å². The topological polar surface area (TPSA) is 29.1 Å². The number of carbonyl (C=O) groups excluding carboxylic acids is 1. The number of carbonyl (C=O) groups is 1. The summed E-state index contributed by atoms with van der Waals surface area (Å²) in [6.07, 6.45) is 4.15. The van der Waals surface area contributed by atoms with Crippen molar-refractivity contribution in [1.29, 1.82) is 0 Å². The van der Waals surface area contributed by atoms with Gasteiger partial charge >= 0.3 is 0 Å². The van der Waals surface area contributed by atoms with E-state index in [0.29, 0.717) is 22.4 Å². The highest BCUT2D eigenvalue weighted by atomic mass is 35.5. The molecule has 0 aromatic heterocycles. The van der Waals surface area contributed by atoms with Gasteiger partial charge in [-0.25, -0.2) is 0 Å². The second-order valence-corrected chi connectivity index (χ2v) is 9.79. The summed E-state index contributed by atoms with van der Waals surface area (Å²) in [4.78, 5) is 12.0. The SMILES string of the molecule is C=C(c1ccc(Cl)c(Cl)c1)c1ccccc1S/C=C(/C)CC.C=CCC(=O)NCCC(C)C.CC. The number of thioether (sulfide) groups is 1. The van der Waals surface area contributed by atoms with Gasteiger partial charge in [-0.3, -0.25) is 4.79 Å². The van der Waals surface area contributed by atoms with Gasteiger partial charge in [0.1, 0.15) is 0 Å². The molecule has 192 valence electrons. The predicted molar refractivity (Wildman–Crippen MR) is 160 cm³/mol. The zero-order chi connectivity index (χ0) is 26.8. The highest BCUT2D eigenvalue weighted by Crippen LogP contribution is 2.34. The van der Waals surface area contributed by atoms with E-state index in [-0.39, 0.29) is 5.91 Å². The number of allylic oxidation sites excluding steroid dienone is 1. The van der Waals surface area contributed by atoms with Gasteiger partial charge in [-0.1, -0.05) is 112 Å². The Hall–Kier alpha value is -1.94. The first-order valence-electron chi connectivity index (χ1n) is 12.1. The third-order valence-electron chi connectivity index (χ3n) is 4.80. The monoisotopic (exact) mass is 533 g/mol. The largest absolute Gasteiger partial charge is 0.356 e. The molecule has 0 aliphatic heterocycles. The standard InChI is InChI=1S/C19H18Cl2S.C9H17NO.C2H6/c1-4-13(2)12-22-19-8-6-5-7-16(19)14(3)15-9-10-17(20)18(21)11-15;1-4-5-9(11)10-7-6-8(2)3;1-2/h5-12H,3-4H2,1-2H3;4,8H,1,5-7H2,2-3H3,(H,10,11);1-2H3/b13-12-;;. The summed E-state index contributed by atoms with van der Waals surface area (Å²) in [5, 5.41) is 6.11. The molecule has 2 aromatic carbocycles. The molecule has 2 aromatic rings. The van der Waals surface area contributed by atoms with Crippen LogP contribution in [0.2, 0.25) is 10.0 Å². The molecule has 0 radical (unpaired) electrons. The van der Waals surface area contributed by atoms with E-state index in [9.17, 15) is 4.79 Å². The lowest BCUT2D eigenvalue weighted by atomic mass is 10.00. The molecule has 2 nitrogen and oxygen atoms in total. The maximum absolute atomic E-state index is 10.8. The van der Waals surface area contributed by atoms with E-state index in [1.54, 1.807) is 23.9 Å². The fourth-order valence-electron chi connectivity index (χ4n) is 2.61. The summed E-state index contributed by atoms with van der Waals surface area (Å²) in [7, 11) is 0. The molecular formula is C30H41Cl2NOS. The molecule has 1 N–H and O–H groups in total. The Bertz CT molecular complexity index is 967. The highest BCUT2D eigenvalue weighted by Gasteiger charge is 2.09.